The first-order valence-corrected chi connectivity index (χ1v) is 4.44. The number of hydrogen-bond acceptors (Lipinski definition) is 1. The topological polar surface area (TPSA) is 17.1 Å². The molecule has 0 heterocycles. The van der Waals surface area contributed by atoms with Gasteiger partial charge in [-0.3, -0.25) is 4.79 Å². The van der Waals surface area contributed by atoms with Crippen LogP contribution in [-0.4, -0.2) is 5.78 Å². The Kier molecular flexibility index (Phi) is 6.35. The van der Waals surface area contributed by atoms with Gasteiger partial charge in [-0.25, -0.2) is 0 Å². The van der Waals surface area contributed by atoms with Crippen LogP contribution in [0.15, 0.2) is 25.3 Å². The third kappa shape index (κ3) is 4.89. The monoisotopic (exact) mass is 166 g/mol. The minimum absolute atomic E-state index is 0.209. The number of rotatable bonds is 7. The Labute approximate surface area is 75.2 Å². The molecule has 0 unspecified atom stereocenters. The van der Waals surface area contributed by atoms with E-state index in [4.69, 9.17) is 0 Å². The molecule has 0 spiro atoms. The molecule has 0 aliphatic carbocycles. The summed E-state index contributed by atoms with van der Waals surface area (Å²) >= 11 is 0. The first-order chi connectivity index (χ1) is 5.72. The minimum atomic E-state index is 0.209. The maximum atomic E-state index is 11.1. The van der Waals surface area contributed by atoms with E-state index in [1.54, 1.807) is 6.92 Å². The van der Waals surface area contributed by atoms with E-state index in [-0.39, 0.29) is 5.92 Å². The molecule has 0 fully saturated rings. The van der Waals surface area contributed by atoms with Crippen LogP contribution >= 0.6 is 0 Å². The van der Waals surface area contributed by atoms with Crippen molar-refractivity contribution in [2.45, 2.75) is 32.6 Å². The molecule has 1 nitrogen and oxygen atoms in total. The maximum absolute atomic E-state index is 11.1. The van der Waals surface area contributed by atoms with Gasteiger partial charge >= 0.3 is 0 Å². The molecule has 0 radical (unpaired) electrons. The molecule has 0 N–H and O–H groups in total. The highest BCUT2D eigenvalue weighted by molar-refractivity contribution is 5.78. The Morgan fingerprint density at radius 3 is 1.92 bits per heavy atom. The number of hydrogen-bond donors (Lipinski definition) is 0. The number of carbonyl (C=O) groups is 1. The molecular formula is C11H18O. The molecule has 0 aromatic heterocycles. The molecule has 0 aliphatic heterocycles. The molecule has 0 aliphatic rings. The number of carbonyl (C=O) groups excluding carboxylic acids is 1. The average molecular weight is 166 g/mol. The second kappa shape index (κ2) is 6.84. The molecule has 0 bridgehead atoms. The third-order valence-electron chi connectivity index (χ3n) is 2.01. The molecule has 12 heavy (non-hydrogen) atoms. The standard InChI is InChI=1S/C11H18O/c1-4-6-8-11(10(3)12)9-7-5-2/h4-5,11H,1-2,6-9H2,3H3. The number of Topliss-reactive ketones (excluding diaryl/α,β-unsaturated/α-hetero) is 1. The Morgan fingerprint density at radius 2 is 1.67 bits per heavy atom. The van der Waals surface area contributed by atoms with Crippen molar-refractivity contribution in [1.82, 2.24) is 0 Å². The van der Waals surface area contributed by atoms with Crippen LogP contribution in [0.1, 0.15) is 32.6 Å². The quantitative estimate of drug-likeness (QED) is 0.531. The van der Waals surface area contributed by atoms with Gasteiger partial charge in [-0.1, -0.05) is 12.2 Å². The van der Waals surface area contributed by atoms with Gasteiger partial charge in [0.05, 0.1) is 0 Å². The largest absolute Gasteiger partial charge is 0.300 e. The van der Waals surface area contributed by atoms with E-state index in [0.717, 1.165) is 25.7 Å². The summed E-state index contributed by atoms with van der Waals surface area (Å²) in [5, 5.41) is 0. The van der Waals surface area contributed by atoms with Gasteiger partial charge in [0.1, 0.15) is 5.78 Å². The van der Waals surface area contributed by atoms with E-state index in [1.165, 1.54) is 0 Å². The van der Waals surface area contributed by atoms with E-state index >= 15 is 0 Å². The molecule has 1 heteroatoms. The Bertz CT molecular complexity index is 146. The Morgan fingerprint density at radius 1 is 1.25 bits per heavy atom. The normalized spacial score (nSPS) is 9.83. The summed E-state index contributed by atoms with van der Waals surface area (Å²) in [4.78, 5) is 11.1. The van der Waals surface area contributed by atoms with Crippen LogP contribution in [0.3, 0.4) is 0 Å². The minimum Gasteiger partial charge on any atom is -0.300 e. The van der Waals surface area contributed by atoms with E-state index < -0.39 is 0 Å². The second-order valence-electron chi connectivity index (χ2n) is 3.04. The fourth-order valence-electron chi connectivity index (χ4n) is 1.19. The van der Waals surface area contributed by atoms with Crippen LogP contribution in [0.4, 0.5) is 0 Å². The second-order valence-corrected chi connectivity index (χ2v) is 3.04. The number of allylic oxidation sites excluding steroid dienone is 2. The van der Waals surface area contributed by atoms with Crippen molar-refractivity contribution in [2.75, 3.05) is 0 Å². The fourth-order valence-corrected chi connectivity index (χ4v) is 1.19. The molecule has 0 amide bonds. The van der Waals surface area contributed by atoms with E-state index in [9.17, 15) is 4.79 Å². The summed E-state index contributed by atoms with van der Waals surface area (Å²) < 4.78 is 0. The maximum Gasteiger partial charge on any atom is 0.132 e. The lowest BCUT2D eigenvalue weighted by Gasteiger charge is -2.10. The van der Waals surface area contributed by atoms with Crippen LogP contribution < -0.4 is 0 Å². The molecule has 0 saturated carbocycles. The van der Waals surface area contributed by atoms with Gasteiger partial charge in [-0.2, -0.15) is 0 Å². The van der Waals surface area contributed by atoms with Gasteiger partial charge in [0.2, 0.25) is 0 Å². The van der Waals surface area contributed by atoms with Crippen LogP contribution in [0.2, 0.25) is 0 Å². The lowest BCUT2D eigenvalue weighted by atomic mass is 9.94. The predicted molar refractivity (Wildman–Crippen MR) is 53.0 cm³/mol. The van der Waals surface area contributed by atoms with Crippen molar-refractivity contribution in [2.24, 2.45) is 5.92 Å². The first-order valence-electron chi connectivity index (χ1n) is 4.44. The summed E-state index contributed by atoms with van der Waals surface area (Å²) in [6, 6.07) is 0. The zero-order chi connectivity index (χ0) is 9.40. The van der Waals surface area contributed by atoms with Gasteiger partial charge < -0.3 is 0 Å². The Hall–Kier alpha value is -0.850. The summed E-state index contributed by atoms with van der Waals surface area (Å²) in [7, 11) is 0. The highest BCUT2D eigenvalue weighted by atomic mass is 16.1. The first kappa shape index (κ1) is 11.2. The zero-order valence-electron chi connectivity index (χ0n) is 7.88. The van der Waals surface area contributed by atoms with Crippen molar-refractivity contribution >= 4 is 5.78 Å². The summed E-state index contributed by atoms with van der Waals surface area (Å²) in [5.41, 5.74) is 0. The lowest BCUT2D eigenvalue weighted by molar-refractivity contribution is -0.121. The summed E-state index contributed by atoms with van der Waals surface area (Å²) in [6.45, 7) is 8.95. The van der Waals surface area contributed by atoms with Crippen molar-refractivity contribution in [1.29, 1.82) is 0 Å². The molecule has 0 aromatic carbocycles. The van der Waals surface area contributed by atoms with Crippen molar-refractivity contribution in [3.8, 4) is 0 Å². The molecule has 68 valence electrons. The predicted octanol–water partition coefficient (Wildman–Crippen LogP) is 3.12. The van der Waals surface area contributed by atoms with Gasteiger partial charge in [0.15, 0.2) is 0 Å². The van der Waals surface area contributed by atoms with Gasteiger partial charge in [-0.15, -0.1) is 13.2 Å². The summed E-state index contributed by atoms with van der Waals surface area (Å²) in [6.07, 6.45) is 7.47. The molecule has 0 atom stereocenters. The molecule has 0 aromatic rings. The zero-order valence-corrected chi connectivity index (χ0v) is 7.88. The Balaban J connectivity index is 3.77. The van der Waals surface area contributed by atoms with Crippen LogP contribution in [0.25, 0.3) is 0 Å². The highest BCUT2D eigenvalue weighted by Crippen LogP contribution is 2.15. The van der Waals surface area contributed by atoms with E-state index in [1.807, 2.05) is 12.2 Å². The highest BCUT2D eigenvalue weighted by Gasteiger charge is 2.11. The molecular weight excluding hydrogens is 148 g/mol. The van der Waals surface area contributed by atoms with E-state index in [0.29, 0.717) is 5.78 Å². The van der Waals surface area contributed by atoms with Crippen LogP contribution in [-0.2, 0) is 4.79 Å². The van der Waals surface area contributed by atoms with E-state index in [2.05, 4.69) is 13.2 Å². The third-order valence-corrected chi connectivity index (χ3v) is 2.01. The van der Waals surface area contributed by atoms with Crippen molar-refractivity contribution in [3.05, 3.63) is 25.3 Å². The number of ketones is 1. The lowest BCUT2D eigenvalue weighted by Crippen LogP contribution is -2.10. The van der Waals surface area contributed by atoms with Crippen LogP contribution in [0.5, 0.6) is 0 Å². The molecule has 0 rings (SSSR count). The van der Waals surface area contributed by atoms with Crippen molar-refractivity contribution < 1.29 is 4.79 Å². The van der Waals surface area contributed by atoms with Crippen LogP contribution in [0, 0.1) is 5.92 Å². The SMILES string of the molecule is C=CCCC(CCC=C)C(C)=O. The van der Waals surface area contributed by atoms with Crippen molar-refractivity contribution in [3.63, 3.8) is 0 Å². The fraction of sp³-hybridized carbons (Fsp3) is 0.545. The summed E-state index contributed by atoms with van der Waals surface area (Å²) in [5.74, 6) is 0.500. The smallest absolute Gasteiger partial charge is 0.132 e. The molecule has 0 saturated heterocycles. The van der Waals surface area contributed by atoms with Gasteiger partial charge in [0.25, 0.3) is 0 Å². The van der Waals surface area contributed by atoms with Gasteiger partial charge in [0, 0.05) is 5.92 Å². The van der Waals surface area contributed by atoms with Gasteiger partial charge in [-0.05, 0) is 32.6 Å². The average Bonchev–Trinajstić information content (AvgIpc) is 2.04.